The number of ether oxygens (including phenoxy) is 1. The fourth-order valence-corrected chi connectivity index (χ4v) is 6.03. The molecule has 1 fully saturated rings. The maximum atomic E-state index is 14.3. The number of carboxylic acids is 1. The first-order valence-electron chi connectivity index (χ1n) is 13.2. The van der Waals surface area contributed by atoms with Crippen molar-refractivity contribution in [2.45, 2.75) is 39.0 Å². The van der Waals surface area contributed by atoms with Crippen molar-refractivity contribution in [2.24, 2.45) is 0 Å². The van der Waals surface area contributed by atoms with Crippen LogP contribution >= 0.6 is 23.2 Å². The van der Waals surface area contributed by atoms with Crippen LogP contribution < -0.4 is 4.74 Å². The quantitative estimate of drug-likeness (QED) is 0.320. The van der Waals surface area contributed by atoms with Gasteiger partial charge in [0.2, 0.25) is 0 Å². The van der Waals surface area contributed by atoms with Gasteiger partial charge in [-0.1, -0.05) is 36.5 Å². The van der Waals surface area contributed by atoms with Gasteiger partial charge >= 0.3 is 5.97 Å². The number of rotatable bonds is 7. The van der Waals surface area contributed by atoms with Gasteiger partial charge in [-0.2, -0.15) is 0 Å². The Morgan fingerprint density at radius 2 is 1.77 bits per heavy atom. The molecule has 5 rings (SSSR count). The highest BCUT2D eigenvalue weighted by molar-refractivity contribution is 6.35. The van der Waals surface area contributed by atoms with Crippen molar-refractivity contribution in [1.29, 1.82) is 0 Å². The zero-order valence-electron chi connectivity index (χ0n) is 22.0. The number of piperidine rings is 1. The maximum Gasteiger partial charge on any atom is 0.331 e. The van der Waals surface area contributed by atoms with Gasteiger partial charge in [-0.15, -0.1) is 0 Å². The number of hydrazine groups is 1. The zero-order valence-corrected chi connectivity index (χ0v) is 23.6. The van der Waals surface area contributed by atoms with Gasteiger partial charge in [0.15, 0.2) is 0 Å². The minimum absolute atomic E-state index is 0.121. The number of amides is 1. The van der Waals surface area contributed by atoms with Crippen LogP contribution in [0.15, 0.2) is 48.0 Å². The molecule has 0 bridgehead atoms. The van der Waals surface area contributed by atoms with Crippen molar-refractivity contribution in [3.05, 3.63) is 74.9 Å². The molecule has 0 radical (unpaired) electrons. The number of carboxylic acid groups (broad SMARTS) is 1. The van der Waals surface area contributed by atoms with Gasteiger partial charge in [0.25, 0.3) is 5.91 Å². The van der Waals surface area contributed by atoms with Crippen LogP contribution in [0.2, 0.25) is 10.0 Å². The van der Waals surface area contributed by atoms with Crippen LogP contribution in [-0.2, 0) is 11.2 Å². The lowest BCUT2D eigenvalue weighted by atomic mass is 9.97. The molecule has 3 heterocycles. The molecule has 0 spiro atoms. The smallest absolute Gasteiger partial charge is 0.331 e. The first-order valence-corrected chi connectivity index (χ1v) is 14.0. The van der Waals surface area contributed by atoms with Crippen LogP contribution in [0.1, 0.15) is 54.2 Å². The number of methoxy groups -OCH3 is 1. The first-order chi connectivity index (χ1) is 18.8. The van der Waals surface area contributed by atoms with Crippen LogP contribution in [0.3, 0.4) is 0 Å². The number of carbonyl (C=O) groups excluding carboxylic acids is 1. The molecular weight excluding hydrogens is 537 g/mol. The fourth-order valence-electron chi connectivity index (χ4n) is 5.54. The number of aliphatic carboxylic acids is 1. The van der Waals surface area contributed by atoms with Crippen molar-refractivity contribution in [3.63, 3.8) is 0 Å². The SMILES string of the molecule is CCC(=Cc1c2c(n(-c3ccc(Cl)cc3Cl)c1-c1ccc(OC)cc1)CCN(N1CCCCC1)C2=O)C(=O)O. The van der Waals surface area contributed by atoms with Gasteiger partial charge in [-0.05, 0) is 73.4 Å². The van der Waals surface area contributed by atoms with Crippen LogP contribution in [0.4, 0.5) is 0 Å². The number of hydrogen-bond donors (Lipinski definition) is 1. The second-order valence-corrected chi connectivity index (χ2v) is 10.6. The maximum absolute atomic E-state index is 14.3. The van der Waals surface area contributed by atoms with Gasteiger partial charge in [-0.3, -0.25) is 9.80 Å². The Labute approximate surface area is 238 Å². The molecule has 1 N–H and O–H groups in total. The molecule has 0 aliphatic carbocycles. The summed E-state index contributed by atoms with van der Waals surface area (Å²) in [6.45, 7) is 3.99. The summed E-state index contributed by atoms with van der Waals surface area (Å²) in [5, 5.41) is 14.9. The average Bonchev–Trinajstić information content (AvgIpc) is 3.26. The Kier molecular flexibility index (Phi) is 8.03. The molecule has 204 valence electrons. The van der Waals surface area contributed by atoms with Gasteiger partial charge in [0, 0.05) is 47.9 Å². The van der Waals surface area contributed by atoms with Crippen molar-refractivity contribution in [2.75, 3.05) is 26.7 Å². The van der Waals surface area contributed by atoms with Crippen molar-refractivity contribution in [3.8, 4) is 22.7 Å². The van der Waals surface area contributed by atoms with Crippen LogP contribution in [0.25, 0.3) is 23.0 Å². The van der Waals surface area contributed by atoms with E-state index in [1.54, 1.807) is 32.2 Å². The molecule has 39 heavy (non-hydrogen) atoms. The summed E-state index contributed by atoms with van der Waals surface area (Å²) in [6, 6.07) is 12.8. The molecule has 1 saturated heterocycles. The van der Waals surface area contributed by atoms with Crippen molar-refractivity contribution < 1.29 is 19.4 Å². The topological polar surface area (TPSA) is 75.0 Å². The Hall–Kier alpha value is -3.26. The van der Waals surface area contributed by atoms with E-state index < -0.39 is 5.97 Å². The van der Waals surface area contributed by atoms with E-state index in [9.17, 15) is 14.7 Å². The summed E-state index contributed by atoms with van der Waals surface area (Å²) >= 11 is 13.0. The minimum atomic E-state index is -1.01. The summed E-state index contributed by atoms with van der Waals surface area (Å²) < 4.78 is 7.38. The number of carbonyl (C=O) groups is 2. The van der Waals surface area contributed by atoms with E-state index >= 15 is 0 Å². The standard InChI is InChI=1S/C30H31Cl2N3O4/c1-3-19(30(37)38)17-23-27-26(13-16-34(29(27)36)33-14-5-4-6-15-33)35(25-12-9-21(31)18-24(25)32)28(23)20-7-10-22(39-2)11-8-20/h7-12,17-18H,3-6,13-16H2,1-2H3,(H,37,38). The first kappa shape index (κ1) is 27.3. The molecule has 3 aromatic rings. The Bertz CT molecular complexity index is 1440. The Morgan fingerprint density at radius 1 is 1.05 bits per heavy atom. The molecule has 0 atom stereocenters. The van der Waals surface area contributed by atoms with Crippen molar-refractivity contribution >= 4 is 41.2 Å². The second-order valence-electron chi connectivity index (χ2n) is 9.76. The van der Waals surface area contributed by atoms with Gasteiger partial charge in [0.1, 0.15) is 5.75 Å². The lowest BCUT2D eigenvalue weighted by Crippen LogP contribution is -2.51. The number of hydrogen-bond acceptors (Lipinski definition) is 4. The molecular formula is C30H31Cl2N3O4. The van der Waals surface area contributed by atoms with Gasteiger partial charge in [0.05, 0.1) is 29.1 Å². The molecule has 2 aromatic carbocycles. The molecule has 9 heteroatoms. The summed E-state index contributed by atoms with van der Waals surface area (Å²) in [7, 11) is 1.60. The highest BCUT2D eigenvalue weighted by Gasteiger charge is 2.37. The number of benzene rings is 2. The van der Waals surface area contributed by atoms with E-state index in [2.05, 4.69) is 5.01 Å². The normalized spacial score (nSPS) is 16.4. The van der Waals surface area contributed by atoms with E-state index in [0.29, 0.717) is 57.7 Å². The summed E-state index contributed by atoms with van der Waals surface area (Å²) in [5.41, 5.74) is 4.29. The molecule has 1 amide bonds. The van der Waals surface area contributed by atoms with Crippen LogP contribution in [0, 0.1) is 0 Å². The molecule has 7 nitrogen and oxygen atoms in total. The van der Waals surface area contributed by atoms with E-state index in [4.69, 9.17) is 27.9 Å². The Balaban J connectivity index is 1.83. The second kappa shape index (κ2) is 11.5. The van der Waals surface area contributed by atoms with E-state index in [-0.39, 0.29) is 11.5 Å². The number of aromatic nitrogens is 1. The molecule has 0 saturated carbocycles. The number of fused-ring (bicyclic) bond motifs is 1. The van der Waals surface area contributed by atoms with Gasteiger partial charge in [-0.25, -0.2) is 9.80 Å². The molecule has 2 aliphatic heterocycles. The average molecular weight is 569 g/mol. The third-order valence-corrected chi connectivity index (χ3v) is 8.02. The van der Waals surface area contributed by atoms with Crippen molar-refractivity contribution in [1.82, 2.24) is 14.6 Å². The van der Waals surface area contributed by atoms with E-state index in [1.165, 1.54) is 0 Å². The summed E-state index contributed by atoms with van der Waals surface area (Å²) in [5.74, 6) is -0.445. The highest BCUT2D eigenvalue weighted by Crippen LogP contribution is 2.41. The number of halogens is 2. The largest absolute Gasteiger partial charge is 0.497 e. The third kappa shape index (κ3) is 5.19. The summed E-state index contributed by atoms with van der Waals surface area (Å²) in [6.07, 6.45) is 5.79. The number of nitrogens with zero attached hydrogens (tertiary/aromatic N) is 3. The monoisotopic (exact) mass is 567 g/mol. The predicted octanol–water partition coefficient (Wildman–Crippen LogP) is 6.74. The zero-order chi connectivity index (χ0) is 27.7. The summed E-state index contributed by atoms with van der Waals surface area (Å²) in [4.78, 5) is 26.4. The third-order valence-electron chi connectivity index (χ3n) is 7.48. The lowest BCUT2D eigenvalue weighted by Gasteiger charge is -2.39. The predicted molar refractivity (Wildman–Crippen MR) is 154 cm³/mol. The fraction of sp³-hybridized carbons (Fsp3) is 0.333. The van der Waals surface area contributed by atoms with Crippen LogP contribution in [0.5, 0.6) is 5.75 Å². The van der Waals surface area contributed by atoms with Gasteiger partial charge < -0.3 is 14.4 Å². The lowest BCUT2D eigenvalue weighted by molar-refractivity contribution is -0.132. The molecule has 0 unspecified atom stereocenters. The molecule has 2 aliphatic rings. The highest BCUT2D eigenvalue weighted by atomic mass is 35.5. The van der Waals surface area contributed by atoms with E-state index in [1.807, 2.05) is 39.9 Å². The molecule has 1 aromatic heterocycles. The van der Waals surface area contributed by atoms with Crippen LogP contribution in [-0.4, -0.2) is 58.3 Å². The Morgan fingerprint density at radius 3 is 2.38 bits per heavy atom. The minimum Gasteiger partial charge on any atom is -0.497 e. The van der Waals surface area contributed by atoms with E-state index in [0.717, 1.165) is 43.6 Å².